The minimum Gasteiger partial charge on any atom is -0.336 e. The lowest BCUT2D eigenvalue weighted by atomic mass is 10.2. The third kappa shape index (κ3) is 3.38. The predicted molar refractivity (Wildman–Crippen MR) is 68.4 cm³/mol. The second-order valence-corrected chi connectivity index (χ2v) is 5.41. The highest BCUT2D eigenvalue weighted by Gasteiger charge is 2.29. The highest BCUT2D eigenvalue weighted by atomic mass is 32.2. The van der Waals surface area contributed by atoms with Crippen LogP contribution in [0.5, 0.6) is 0 Å². The molecule has 0 aromatic heterocycles. The lowest BCUT2D eigenvalue weighted by molar-refractivity contribution is -0.124. The molecule has 2 aliphatic rings. The lowest BCUT2D eigenvalue weighted by Crippen LogP contribution is -2.44. The molecule has 1 aliphatic carbocycles. The molecule has 1 aliphatic heterocycles. The molecule has 0 radical (unpaired) electrons. The summed E-state index contributed by atoms with van der Waals surface area (Å²) in [5, 5.41) is 5.33. The van der Waals surface area contributed by atoms with Gasteiger partial charge in [-0.2, -0.15) is 0 Å². The van der Waals surface area contributed by atoms with Gasteiger partial charge in [-0.25, -0.2) is 4.79 Å². The Morgan fingerprint density at radius 1 is 1.33 bits per heavy atom. The highest BCUT2D eigenvalue weighted by molar-refractivity contribution is 8.14. The van der Waals surface area contributed by atoms with Crippen molar-refractivity contribution in [3.8, 4) is 0 Å². The monoisotopic (exact) mass is 271 g/mol. The molecule has 18 heavy (non-hydrogen) atoms. The van der Waals surface area contributed by atoms with Crippen LogP contribution in [0.2, 0.25) is 0 Å². The standard InChI is InChI=1S/C11H17N3O3S/c15-9-7-18-11(17)14(9)6-5-12-10(16)13-8-3-1-2-4-8/h8H,1-7H2,(H2,12,13,16). The van der Waals surface area contributed by atoms with Crippen molar-refractivity contribution in [2.75, 3.05) is 18.8 Å². The maximum absolute atomic E-state index is 11.5. The molecule has 0 spiro atoms. The highest BCUT2D eigenvalue weighted by Crippen LogP contribution is 2.18. The van der Waals surface area contributed by atoms with Crippen LogP contribution in [0.4, 0.5) is 9.59 Å². The van der Waals surface area contributed by atoms with Gasteiger partial charge in [0.2, 0.25) is 5.91 Å². The summed E-state index contributed by atoms with van der Waals surface area (Å²) in [7, 11) is 0. The third-order valence-electron chi connectivity index (χ3n) is 3.15. The van der Waals surface area contributed by atoms with Gasteiger partial charge in [0.05, 0.1) is 5.75 Å². The Balaban J connectivity index is 1.64. The Bertz CT molecular complexity index is 339. The first kappa shape index (κ1) is 13.2. The SMILES string of the molecule is O=C(NCCN1C(=O)CSC1=O)NC1CCCC1. The van der Waals surface area contributed by atoms with E-state index in [1.165, 1.54) is 17.7 Å². The molecule has 1 saturated carbocycles. The van der Waals surface area contributed by atoms with Gasteiger partial charge in [-0.15, -0.1) is 0 Å². The molecule has 0 bridgehead atoms. The minimum absolute atomic E-state index is 0.178. The molecule has 0 unspecified atom stereocenters. The van der Waals surface area contributed by atoms with Gasteiger partial charge in [-0.05, 0) is 12.8 Å². The van der Waals surface area contributed by atoms with E-state index in [-0.39, 0.29) is 35.5 Å². The number of carbonyl (C=O) groups is 3. The number of hydrogen-bond acceptors (Lipinski definition) is 4. The molecule has 7 heteroatoms. The second kappa shape index (κ2) is 6.08. The summed E-state index contributed by atoms with van der Waals surface area (Å²) in [4.78, 5) is 35.3. The van der Waals surface area contributed by atoms with Gasteiger partial charge in [0.15, 0.2) is 0 Å². The molecule has 0 aromatic rings. The van der Waals surface area contributed by atoms with Gasteiger partial charge < -0.3 is 10.6 Å². The first-order valence-corrected chi connectivity index (χ1v) is 7.17. The fourth-order valence-corrected chi connectivity index (χ4v) is 2.94. The topological polar surface area (TPSA) is 78.5 Å². The number of rotatable bonds is 4. The molecule has 2 rings (SSSR count). The molecular weight excluding hydrogens is 254 g/mol. The van der Waals surface area contributed by atoms with Crippen molar-refractivity contribution in [3.63, 3.8) is 0 Å². The molecule has 100 valence electrons. The van der Waals surface area contributed by atoms with Crippen molar-refractivity contribution >= 4 is 28.9 Å². The van der Waals surface area contributed by atoms with Gasteiger partial charge in [-0.3, -0.25) is 14.5 Å². The Hall–Kier alpha value is -1.24. The summed E-state index contributed by atoms with van der Waals surface area (Å²) >= 11 is 1.01. The third-order valence-corrected chi connectivity index (χ3v) is 4.01. The normalized spacial score (nSPS) is 20.6. The minimum atomic E-state index is -0.224. The number of amides is 4. The summed E-state index contributed by atoms with van der Waals surface area (Å²) < 4.78 is 0. The van der Waals surface area contributed by atoms with E-state index in [9.17, 15) is 14.4 Å². The molecule has 2 N–H and O–H groups in total. The van der Waals surface area contributed by atoms with E-state index in [0.29, 0.717) is 6.54 Å². The Labute approximate surface area is 110 Å². The van der Waals surface area contributed by atoms with Crippen molar-refractivity contribution in [3.05, 3.63) is 0 Å². The number of imide groups is 1. The van der Waals surface area contributed by atoms with Crippen LogP contribution in [0.15, 0.2) is 0 Å². The van der Waals surface area contributed by atoms with Crippen LogP contribution in [0, 0.1) is 0 Å². The molecule has 0 aromatic carbocycles. The maximum atomic E-state index is 11.5. The fourth-order valence-electron chi connectivity index (χ4n) is 2.18. The van der Waals surface area contributed by atoms with E-state index < -0.39 is 0 Å². The number of nitrogens with zero attached hydrogens (tertiary/aromatic N) is 1. The van der Waals surface area contributed by atoms with Crippen LogP contribution in [0.25, 0.3) is 0 Å². The largest absolute Gasteiger partial charge is 0.336 e. The molecule has 2 fully saturated rings. The fraction of sp³-hybridized carbons (Fsp3) is 0.727. The Kier molecular flexibility index (Phi) is 4.46. The predicted octanol–water partition coefficient (Wildman–Crippen LogP) is 0.924. The van der Waals surface area contributed by atoms with Crippen LogP contribution in [0.3, 0.4) is 0 Å². The van der Waals surface area contributed by atoms with E-state index in [1.54, 1.807) is 0 Å². The van der Waals surface area contributed by atoms with Crippen LogP contribution in [-0.2, 0) is 4.79 Å². The molecule has 1 heterocycles. The summed E-state index contributed by atoms with van der Waals surface area (Å²) in [5.74, 6) is 0.0376. The molecule has 4 amide bonds. The van der Waals surface area contributed by atoms with Crippen molar-refractivity contribution in [1.82, 2.24) is 15.5 Å². The van der Waals surface area contributed by atoms with Crippen molar-refractivity contribution in [2.24, 2.45) is 0 Å². The summed E-state index contributed by atoms with van der Waals surface area (Å²) in [5.41, 5.74) is 0. The van der Waals surface area contributed by atoms with Crippen LogP contribution < -0.4 is 10.6 Å². The zero-order chi connectivity index (χ0) is 13.0. The van der Waals surface area contributed by atoms with Crippen molar-refractivity contribution in [1.29, 1.82) is 0 Å². The first-order chi connectivity index (χ1) is 8.66. The van der Waals surface area contributed by atoms with Crippen molar-refractivity contribution in [2.45, 2.75) is 31.7 Å². The van der Waals surface area contributed by atoms with Crippen molar-refractivity contribution < 1.29 is 14.4 Å². The van der Waals surface area contributed by atoms with Crippen LogP contribution in [0.1, 0.15) is 25.7 Å². The summed E-state index contributed by atoms with van der Waals surface area (Å²) in [6, 6.07) is 0.0595. The van der Waals surface area contributed by atoms with Gasteiger partial charge in [0, 0.05) is 19.1 Å². The average Bonchev–Trinajstić information content (AvgIpc) is 2.93. The summed E-state index contributed by atoms with van der Waals surface area (Å²) in [6.45, 7) is 0.555. The van der Waals surface area contributed by atoms with E-state index in [4.69, 9.17) is 0 Å². The van der Waals surface area contributed by atoms with Gasteiger partial charge >= 0.3 is 6.03 Å². The van der Waals surface area contributed by atoms with Gasteiger partial charge in [0.25, 0.3) is 5.24 Å². The van der Waals surface area contributed by atoms with E-state index in [1.807, 2.05) is 0 Å². The second-order valence-electron chi connectivity index (χ2n) is 4.48. The summed E-state index contributed by atoms with van der Waals surface area (Å²) in [6.07, 6.45) is 4.40. The molecule has 0 atom stereocenters. The average molecular weight is 271 g/mol. The Morgan fingerprint density at radius 3 is 2.67 bits per heavy atom. The zero-order valence-electron chi connectivity index (χ0n) is 10.1. The maximum Gasteiger partial charge on any atom is 0.315 e. The molecule has 6 nitrogen and oxygen atoms in total. The smallest absolute Gasteiger partial charge is 0.315 e. The quantitative estimate of drug-likeness (QED) is 0.797. The molecular formula is C11H17N3O3S. The van der Waals surface area contributed by atoms with Crippen LogP contribution >= 0.6 is 11.8 Å². The lowest BCUT2D eigenvalue weighted by Gasteiger charge is -2.15. The van der Waals surface area contributed by atoms with Crippen LogP contribution in [-0.4, -0.2) is 47.0 Å². The van der Waals surface area contributed by atoms with E-state index in [2.05, 4.69) is 10.6 Å². The Morgan fingerprint density at radius 2 is 2.06 bits per heavy atom. The van der Waals surface area contributed by atoms with E-state index in [0.717, 1.165) is 24.6 Å². The van der Waals surface area contributed by atoms with E-state index >= 15 is 0 Å². The molecule has 1 saturated heterocycles. The van der Waals surface area contributed by atoms with Gasteiger partial charge in [-0.1, -0.05) is 24.6 Å². The number of carbonyl (C=O) groups excluding carboxylic acids is 3. The number of nitrogens with one attached hydrogen (secondary N) is 2. The zero-order valence-corrected chi connectivity index (χ0v) is 10.9. The number of urea groups is 1. The van der Waals surface area contributed by atoms with Gasteiger partial charge in [0.1, 0.15) is 0 Å². The number of thioether (sulfide) groups is 1. The number of hydrogen-bond donors (Lipinski definition) is 2. The first-order valence-electron chi connectivity index (χ1n) is 6.18.